The quantitative estimate of drug-likeness (QED) is 0.308. The minimum Gasteiger partial charge on any atom is -0.497 e. The number of pyridine rings is 1. The number of aryl methyl sites for hydroxylation is 1. The molecule has 37 heavy (non-hydrogen) atoms. The largest absolute Gasteiger partial charge is 0.497 e. The Balaban J connectivity index is 1.34. The predicted octanol–water partition coefficient (Wildman–Crippen LogP) is 6.17. The lowest BCUT2D eigenvalue weighted by atomic mass is 9.72. The Kier molecular flexibility index (Phi) is 8.82. The molecule has 0 aliphatic carbocycles. The van der Waals surface area contributed by atoms with Crippen molar-refractivity contribution < 1.29 is 23.4 Å². The lowest BCUT2D eigenvalue weighted by Gasteiger charge is -2.41. The van der Waals surface area contributed by atoms with E-state index >= 15 is 0 Å². The van der Waals surface area contributed by atoms with E-state index in [2.05, 4.69) is 15.2 Å². The summed E-state index contributed by atoms with van der Waals surface area (Å²) in [4.78, 5) is 18.4. The number of halogens is 3. The summed E-state index contributed by atoms with van der Waals surface area (Å²) in [6.07, 6.45) is 5.71. The van der Waals surface area contributed by atoms with Gasteiger partial charge < -0.3 is 20.1 Å². The maximum absolute atomic E-state index is 13.4. The van der Waals surface area contributed by atoms with E-state index in [1.54, 1.807) is 13.3 Å². The van der Waals surface area contributed by atoms with Crippen LogP contribution in [0, 0.1) is 17.0 Å². The third-order valence-corrected chi connectivity index (χ3v) is 7.66. The molecule has 0 spiro atoms. The number of aliphatic carboxylic acids is 1. The van der Waals surface area contributed by atoms with Crippen molar-refractivity contribution in [2.45, 2.75) is 38.5 Å². The van der Waals surface area contributed by atoms with Gasteiger partial charge in [-0.1, -0.05) is 11.6 Å². The van der Waals surface area contributed by atoms with Crippen LogP contribution in [0.1, 0.15) is 37.7 Å². The lowest BCUT2D eigenvalue weighted by Crippen LogP contribution is -2.43. The standard InChI is InChI=1S/C28H32ClF2N3O3/c1-37-22-4-5-26-24(16-22)23(25(29)18-33-26)3-2-6-28(17-27(35)36)7-10-34(11-8-28)12-9-32-21-14-19(30)13-20(31)15-21/h4-5,13-16,18,32H,2-3,6-12,17H2,1H3,(H,35,36). The molecule has 0 unspecified atom stereocenters. The number of nitrogens with zero attached hydrogens (tertiary/aromatic N) is 2. The Bertz CT molecular complexity index is 1230. The number of anilines is 1. The summed E-state index contributed by atoms with van der Waals surface area (Å²) in [5, 5.41) is 14.3. The average Bonchev–Trinajstić information content (AvgIpc) is 2.85. The summed E-state index contributed by atoms with van der Waals surface area (Å²) < 4.78 is 32.1. The molecule has 1 saturated heterocycles. The molecule has 9 heteroatoms. The van der Waals surface area contributed by atoms with Crippen molar-refractivity contribution in [1.82, 2.24) is 9.88 Å². The molecule has 2 aromatic carbocycles. The Morgan fingerprint density at radius 3 is 2.59 bits per heavy atom. The summed E-state index contributed by atoms with van der Waals surface area (Å²) in [5.74, 6) is -1.26. The monoisotopic (exact) mass is 531 g/mol. The highest BCUT2D eigenvalue weighted by atomic mass is 35.5. The zero-order valence-electron chi connectivity index (χ0n) is 20.9. The first-order valence-corrected chi connectivity index (χ1v) is 12.9. The van der Waals surface area contributed by atoms with Crippen LogP contribution in [0.5, 0.6) is 5.75 Å². The van der Waals surface area contributed by atoms with Gasteiger partial charge in [0, 0.05) is 36.4 Å². The highest BCUT2D eigenvalue weighted by molar-refractivity contribution is 6.32. The van der Waals surface area contributed by atoms with Crippen molar-refractivity contribution in [2.24, 2.45) is 5.41 Å². The Morgan fingerprint density at radius 2 is 1.92 bits per heavy atom. The molecule has 2 N–H and O–H groups in total. The first-order valence-electron chi connectivity index (χ1n) is 12.5. The Labute approximate surface area is 220 Å². The topological polar surface area (TPSA) is 74.7 Å². The van der Waals surface area contributed by atoms with Crippen LogP contribution in [-0.2, 0) is 11.2 Å². The fourth-order valence-electron chi connectivity index (χ4n) is 5.32. The van der Waals surface area contributed by atoms with Gasteiger partial charge in [-0.3, -0.25) is 9.78 Å². The molecule has 198 valence electrons. The van der Waals surface area contributed by atoms with Gasteiger partial charge in [0.15, 0.2) is 0 Å². The van der Waals surface area contributed by atoms with Gasteiger partial charge in [-0.25, -0.2) is 8.78 Å². The zero-order valence-corrected chi connectivity index (χ0v) is 21.7. The third-order valence-electron chi connectivity index (χ3n) is 7.33. The van der Waals surface area contributed by atoms with Gasteiger partial charge in [0.05, 0.1) is 24.1 Å². The van der Waals surface area contributed by atoms with E-state index in [0.29, 0.717) is 23.8 Å². The molecule has 0 radical (unpaired) electrons. The number of nitrogens with one attached hydrogen (secondary N) is 1. The number of ether oxygens (including phenoxy) is 1. The number of likely N-dealkylation sites (tertiary alicyclic amines) is 1. The maximum atomic E-state index is 13.4. The minimum absolute atomic E-state index is 0.139. The number of carbonyl (C=O) groups is 1. The number of methoxy groups -OCH3 is 1. The molecule has 1 aliphatic rings. The van der Waals surface area contributed by atoms with Crippen LogP contribution >= 0.6 is 11.6 Å². The summed E-state index contributed by atoms with van der Waals surface area (Å²) >= 11 is 6.52. The summed E-state index contributed by atoms with van der Waals surface area (Å²) in [6.45, 7) is 2.82. The number of benzene rings is 2. The molecule has 3 aromatic rings. The normalized spacial score (nSPS) is 15.6. The molecule has 0 atom stereocenters. The number of carboxylic acids is 1. The molecular formula is C28H32ClF2N3O3. The molecule has 4 rings (SSSR count). The van der Waals surface area contributed by atoms with Crippen LogP contribution in [0.3, 0.4) is 0 Å². The number of piperidine rings is 1. The molecule has 2 heterocycles. The SMILES string of the molecule is COc1ccc2ncc(Cl)c(CCCC3(CC(=O)O)CCN(CCNc4cc(F)cc(F)c4)CC3)c2c1. The predicted molar refractivity (Wildman–Crippen MR) is 141 cm³/mol. The summed E-state index contributed by atoms with van der Waals surface area (Å²) in [7, 11) is 1.62. The van der Waals surface area contributed by atoms with E-state index in [0.717, 1.165) is 73.5 Å². The van der Waals surface area contributed by atoms with Gasteiger partial charge in [0.2, 0.25) is 0 Å². The first kappa shape index (κ1) is 27.1. The van der Waals surface area contributed by atoms with E-state index in [-0.39, 0.29) is 11.8 Å². The van der Waals surface area contributed by atoms with Crippen LogP contribution < -0.4 is 10.1 Å². The van der Waals surface area contributed by atoms with E-state index in [4.69, 9.17) is 16.3 Å². The van der Waals surface area contributed by atoms with Crippen LogP contribution in [0.4, 0.5) is 14.5 Å². The van der Waals surface area contributed by atoms with Crippen molar-refractivity contribution in [1.29, 1.82) is 0 Å². The smallest absolute Gasteiger partial charge is 0.303 e. The van der Waals surface area contributed by atoms with Gasteiger partial charge in [0.25, 0.3) is 0 Å². The second-order valence-electron chi connectivity index (χ2n) is 9.82. The van der Waals surface area contributed by atoms with E-state index in [1.807, 2.05) is 18.2 Å². The minimum atomic E-state index is -0.777. The van der Waals surface area contributed by atoms with Gasteiger partial charge in [-0.05, 0) is 86.5 Å². The highest BCUT2D eigenvalue weighted by Gasteiger charge is 2.36. The highest BCUT2D eigenvalue weighted by Crippen LogP contribution is 2.40. The summed E-state index contributed by atoms with van der Waals surface area (Å²) in [5.41, 5.74) is 2.00. The van der Waals surface area contributed by atoms with Gasteiger partial charge >= 0.3 is 5.97 Å². The van der Waals surface area contributed by atoms with Crippen LogP contribution in [0.25, 0.3) is 10.9 Å². The number of hydrogen-bond acceptors (Lipinski definition) is 5. The van der Waals surface area contributed by atoms with Crippen molar-refractivity contribution in [2.75, 3.05) is 38.6 Å². The number of carboxylic acid groups (broad SMARTS) is 1. The summed E-state index contributed by atoms with van der Waals surface area (Å²) in [6, 6.07) is 9.11. The number of aromatic nitrogens is 1. The van der Waals surface area contributed by atoms with Crippen molar-refractivity contribution >= 4 is 34.2 Å². The lowest BCUT2D eigenvalue weighted by molar-refractivity contribution is -0.140. The number of hydrogen-bond donors (Lipinski definition) is 2. The Morgan fingerprint density at radius 1 is 1.19 bits per heavy atom. The molecule has 0 amide bonds. The van der Waals surface area contributed by atoms with Crippen molar-refractivity contribution in [3.63, 3.8) is 0 Å². The van der Waals surface area contributed by atoms with E-state index in [9.17, 15) is 18.7 Å². The Hall–Kier alpha value is -2.97. The molecule has 1 aromatic heterocycles. The fraction of sp³-hybridized carbons (Fsp3) is 0.429. The first-order chi connectivity index (χ1) is 17.8. The molecule has 1 aliphatic heterocycles. The zero-order chi connectivity index (χ0) is 26.4. The molecular weight excluding hydrogens is 500 g/mol. The van der Waals surface area contributed by atoms with Crippen molar-refractivity contribution in [3.05, 3.63) is 64.8 Å². The average molecular weight is 532 g/mol. The molecule has 1 fully saturated rings. The molecule has 6 nitrogen and oxygen atoms in total. The second-order valence-corrected chi connectivity index (χ2v) is 10.2. The van der Waals surface area contributed by atoms with E-state index in [1.165, 1.54) is 12.1 Å². The van der Waals surface area contributed by atoms with Gasteiger partial charge in [-0.2, -0.15) is 0 Å². The fourth-order valence-corrected chi connectivity index (χ4v) is 5.57. The van der Waals surface area contributed by atoms with Crippen LogP contribution in [0.15, 0.2) is 42.6 Å². The maximum Gasteiger partial charge on any atom is 0.303 e. The third kappa shape index (κ3) is 7.08. The van der Waals surface area contributed by atoms with Gasteiger partial charge in [0.1, 0.15) is 17.4 Å². The van der Waals surface area contributed by atoms with Crippen molar-refractivity contribution in [3.8, 4) is 5.75 Å². The number of fused-ring (bicyclic) bond motifs is 1. The van der Waals surface area contributed by atoms with Crippen LogP contribution in [0.2, 0.25) is 5.02 Å². The van der Waals surface area contributed by atoms with E-state index < -0.39 is 17.6 Å². The molecule has 0 saturated carbocycles. The van der Waals surface area contributed by atoms with Crippen LogP contribution in [-0.4, -0.2) is 54.2 Å². The van der Waals surface area contributed by atoms with Gasteiger partial charge in [-0.15, -0.1) is 0 Å². The molecule has 0 bridgehead atoms. The number of rotatable bonds is 11. The second kappa shape index (κ2) is 12.0.